The number of nitrogens with zero attached hydrogens (tertiary/aromatic N) is 5. The third-order valence-electron chi connectivity index (χ3n) is 11.3. The molecule has 10 heteroatoms. The highest BCUT2D eigenvalue weighted by molar-refractivity contribution is 6.01. The van der Waals surface area contributed by atoms with Gasteiger partial charge in [-0.3, -0.25) is 9.88 Å². The first-order valence-corrected chi connectivity index (χ1v) is 16.5. The number of anilines is 1. The van der Waals surface area contributed by atoms with E-state index in [1.165, 1.54) is 12.8 Å². The Balaban J connectivity index is 1.15. The number of phenols is 1. The van der Waals surface area contributed by atoms with Crippen molar-refractivity contribution >= 4 is 27.5 Å². The molecule has 4 aromatic rings. The van der Waals surface area contributed by atoms with Crippen LogP contribution in [0.4, 0.5) is 14.6 Å². The molecule has 0 spiro atoms. The molecule has 4 saturated heterocycles. The van der Waals surface area contributed by atoms with E-state index in [4.69, 9.17) is 14.7 Å². The molecule has 234 valence electrons. The van der Waals surface area contributed by atoms with E-state index in [0.29, 0.717) is 53.8 Å². The highest BCUT2D eigenvalue weighted by Crippen LogP contribution is 2.52. The predicted molar refractivity (Wildman–Crippen MR) is 169 cm³/mol. The fourth-order valence-electron chi connectivity index (χ4n) is 9.51. The lowest BCUT2D eigenvalue weighted by Gasteiger charge is -2.35. The number of rotatable bonds is 5. The second kappa shape index (κ2) is 10.2. The van der Waals surface area contributed by atoms with E-state index in [9.17, 15) is 9.50 Å². The third kappa shape index (κ3) is 4.39. The van der Waals surface area contributed by atoms with Gasteiger partial charge in [0, 0.05) is 55.9 Å². The molecule has 2 aromatic heterocycles. The zero-order chi connectivity index (χ0) is 30.4. The van der Waals surface area contributed by atoms with Gasteiger partial charge in [-0.15, -0.1) is 0 Å². The van der Waals surface area contributed by atoms with Crippen molar-refractivity contribution in [3.8, 4) is 23.0 Å². The fourth-order valence-corrected chi connectivity index (χ4v) is 9.51. The van der Waals surface area contributed by atoms with Crippen molar-refractivity contribution in [3.63, 3.8) is 0 Å². The summed E-state index contributed by atoms with van der Waals surface area (Å²) in [5.41, 5.74) is 1.36. The number of ether oxygens (including phenoxy) is 1. The average Bonchev–Trinajstić information content (AvgIpc) is 3.76. The number of hydrogen-bond acceptors (Lipinski definition) is 8. The van der Waals surface area contributed by atoms with Gasteiger partial charge in [0.2, 0.25) is 0 Å². The van der Waals surface area contributed by atoms with Crippen molar-refractivity contribution in [1.29, 1.82) is 0 Å². The van der Waals surface area contributed by atoms with Crippen LogP contribution in [0.3, 0.4) is 0 Å². The number of halogens is 2. The molecule has 2 unspecified atom stereocenters. The van der Waals surface area contributed by atoms with Crippen LogP contribution < -0.4 is 15.0 Å². The van der Waals surface area contributed by atoms with Gasteiger partial charge in [-0.2, -0.15) is 9.97 Å². The lowest BCUT2D eigenvalue weighted by molar-refractivity contribution is 0.0832. The Labute approximate surface area is 260 Å². The Morgan fingerprint density at radius 2 is 1.91 bits per heavy atom. The first kappa shape index (κ1) is 27.7. The van der Waals surface area contributed by atoms with Crippen molar-refractivity contribution < 1.29 is 18.6 Å². The number of alkyl halides is 1. The summed E-state index contributed by atoms with van der Waals surface area (Å²) in [5, 5.41) is 16.4. The van der Waals surface area contributed by atoms with Crippen LogP contribution in [0.2, 0.25) is 0 Å². The quantitative estimate of drug-likeness (QED) is 0.298. The van der Waals surface area contributed by atoms with Gasteiger partial charge in [0.25, 0.3) is 0 Å². The summed E-state index contributed by atoms with van der Waals surface area (Å²) in [6.45, 7) is 4.23. The molecule has 8 nitrogen and oxygen atoms in total. The van der Waals surface area contributed by atoms with Crippen LogP contribution in [-0.2, 0) is 0 Å². The van der Waals surface area contributed by atoms with Crippen LogP contribution in [0.25, 0.3) is 32.9 Å². The fraction of sp³-hybridized carbons (Fsp3) is 0.514. The van der Waals surface area contributed by atoms with Gasteiger partial charge in [0.15, 0.2) is 5.82 Å². The normalized spacial score (nSPS) is 30.8. The lowest BCUT2D eigenvalue weighted by atomic mass is 9.89. The Bertz CT molecular complexity index is 1830. The highest BCUT2D eigenvalue weighted by Gasteiger charge is 2.58. The summed E-state index contributed by atoms with van der Waals surface area (Å²) in [7, 11) is 0. The van der Waals surface area contributed by atoms with E-state index in [2.05, 4.69) is 20.1 Å². The minimum Gasteiger partial charge on any atom is -0.508 e. The molecule has 6 heterocycles. The number of nitrogens with one attached hydrogen (secondary N) is 1. The number of pyridine rings is 1. The number of piperazine rings is 1. The lowest BCUT2D eigenvalue weighted by Crippen LogP contribution is -2.51. The maximum atomic E-state index is 16.8. The van der Waals surface area contributed by atoms with E-state index in [0.717, 1.165) is 55.1 Å². The Hall–Kier alpha value is -3.63. The van der Waals surface area contributed by atoms with Crippen LogP contribution in [0.1, 0.15) is 50.5 Å². The Morgan fingerprint density at radius 1 is 1.07 bits per heavy atom. The molecule has 2 bridgehead atoms. The zero-order valence-corrected chi connectivity index (χ0v) is 25.5. The van der Waals surface area contributed by atoms with E-state index in [1.807, 2.05) is 25.1 Å². The molecular formula is C35H38F2N6O2. The van der Waals surface area contributed by atoms with Gasteiger partial charge in [-0.05, 0) is 73.4 Å². The van der Waals surface area contributed by atoms with Crippen molar-refractivity contribution in [2.75, 3.05) is 31.1 Å². The van der Waals surface area contributed by atoms with Crippen molar-refractivity contribution in [2.45, 2.75) is 81.7 Å². The zero-order valence-electron chi connectivity index (χ0n) is 25.5. The van der Waals surface area contributed by atoms with Gasteiger partial charge in [-0.25, -0.2) is 8.78 Å². The van der Waals surface area contributed by atoms with Gasteiger partial charge in [0.1, 0.15) is 35.6 Å². The molecule has 45 heavy (non-hydrogen) atoms. The van der Waals surface area contributed by atoms with Gasteiger partial charge >= 0.3 is 6.01 Å². The van der Waals surface area contributed by atoms with Crippen molar-refractivity contribution in [1.82, 2.24) is 25.2 Å². The minimum absolute atomic E-state index is 0.0426. The molecule has 2 N–H and O–H groups in total. The van der Waals surface area contributed by atoms with E-state index in [-0.39, 0.29) is 35.1 Å². The number of benzene rings is 2. The minimum atomic E-state index is -0.869. The Morgan fingerprint density at radius 3 is 2.76 bits per heavy atom. The maximum Gasteiger partial charge on any atom is 0.319 e. The maximum absolute atomic E-state index is 16.8. The molecule has 4 aliphatic heterocycles. The molecule has 1 aliphatic carbocycles. The summed E-state index contributed by atoms with van der Waals surface area (Å²) in [4.78, 5) is 18.8. The third-order valence-corrected chi connectivity index (χ3v) is 11.3. The molecule has 5 fully saturated rings. The van der Waals surface area contributed by atoms with Crippen LogP contribution in [-0.4, -0.2) is 81.0 Å². The summed E-state index contributed by atoms with van der Waals surface area (Å²) in [5.74, 6) is 0.669. The molecule has 2 aromatic carbocycles. The second-order valence-electron chi connectivity index (χ2n) is 14.2. The Kier molecular flexibility index (Phi) is 6.26. The largest absolute Gasteiger partial charge is 0.508 e. The van der Waals surface area contributed by atoms with Crippen LogP contribution in [0.5, 0.6) is 11.8 Å². The standard InChI is InChI=1S/C35H38F2N6O2/c1-19-4-2-5-20-10-25(44)11-26(29(19)20)31-30(37)32-27(14-38-31)33(42-16-23-8-9-24(17-42)39-23)41-34(40-32)45-18-35-12-21-6-3-7-28(21)43(35)15-22(36)13-35/h2,4-5,10-11,14,21-24,28,39,44H,3,6-9,12-13,15-18H2,1H3/t21-,22-,23?,24?,28-,35-/m0/s1. The second-order valence-corrected chi connectivity index (χ2v) is 14.2. The first-order chi connectivity index (χ1) is 21.8. The van der Waals surface area contributed by atoms with Crippen LogP contribution in [0, 0.1) is 18.7 Å². The molecule has 0 radical (unpaired) electrons. The number of aromatic nitrogens is 3. The number of aromatic hydroxyl groups is 1. The summed E-state index contributed by atoms with van der Waals surface area (Å²) in [6.07, 6.45) is 7.86. The number of fused-ring (bicyclic) bond motifs is 7. The van der Waals surface area contributed by atoms with Crippen LogP contribution >= 0.6 is 0 Å². The first-order valence-electron chi connectivity index (χ1n) is 16.5. The molecule has 9 rings (SSSR count). The van der Waals surface area contributed by atoms with Crippen LogP contribution in [0.15, 0.2) is 36.5 Å². The van der Waals surface area contributed by atoms with Gasteiger partial charge < -0.3 is 20.1 Å². The smallest absolute Gasteiger partial charge is 0.319 e. The monoisotopic (exact) mass is 612 g/mol. The SMILES string of the molecule is Cc1cccc2cc(O)cc(-c3ncc4c(N5CC6CCC(C5)N6)nc(OC[C@]56C[C@H](F)CN5[C@H]5CCC[C@H]5C6)nc4c3F)c12. The van der Waals surface area contributed by atoms with E-state index >= 15 is 4.39 Å². The summed E-state index contributed by atoms with van der Waals surface area (Å²) < 4.78 is 38.1. The molecular weight excluding hydrogens is 574 g/mol. The topological polar surface area (TPSA) is 86.6 Å². The highest BCUT2D eigenvalue weighted by atomic mass is 19.1. The molecule has 1 saturated carbocycles. The van der Waals surface area contributed by atoms with Crippen molar-refractivity contribution in [3.05, 3.63) is 47.9 Å². The van der Waals surface area contributed by atoms with Gasteiger partial charge in [0.05, 0.1) is 10.9 Å². The predicted octanol–water partition coefficient (Wildman–Crippen LogP) is 5.67. The molecule has 5 aliphatic rings. The van der Waals surface area contributed by atoms with E-state index < -0.39 is 12.0 Å². The number of phenolic OH excluding ortho intramolecular Hbond substituents is 1. The number of hydrogen-bond donors (Lipinski definition) is 2. The summed E-state index contributed by atoms with van der Waals surface area (Å²) in [6, 6.07) is 10.3. The molecule has 0 amide bonds. The number of aryl methyl sites for hydroxylation is 1. The summed E-state index contributed by atoms with van der Waals surface area (Å²) >= 11 is 0. The average molecular weight is 613 g/mol. The van der Waals surface area contributed by atoms with Gasteiger partial charge in [-0.1, -0.05) is 24.6 Å². The van der Waals surface area contributed by atoms with Crippen molar-refractivity contribution in [2.24, 2.45) is 5.92 Å². The van der Waals surface area contributed by atoms with E-state index in [1.54, 1.807) is 18.3 Å². The molecule has 6 atom stereocenters.